The molecule has 1 aromatic heterocycles. The molecule has 0 bridgehead atoms. The number of rotatable bonds is 3. The number of nitrogens with zero attached hydrogens (tertiary/aromatic N) is 3. The highest BCUT2D eigenvalue weighted by Crippen LogP contribution is 2.33. The molecule has 1 N–H and O–H groups in total. The second-order valence-corrected chi connectivity index (χ2v) is 4.79. The first-order valence-electron chi connectivity index (χ1n) is 6.67. The number of hydrogen-bond acceptors (Lipinski definition) is 5. The molecular weight excluding hydrogens is 274 g/mol. The van der Waals surface area contributed by atoms with Crippen LogP contribution in [0.2, 0.25) is 0 Å². The number of para-hydroxylation sites is 1. The van der Waals surface area contributed by atoms with Crippen molar-refractivity contribution >= 4 is 6.09 Å². The van der Waals surface area contributed by atoms with E-state index < -0.39 is 6.09 Å². The van der Waals surface area contributed by atoms with E-state index in [1.165, 1.54) is 4.90 Å². The molecule has 0 spiro atoms. The highest BCUT2D eigenvalue weighted by molar-refractivity contribution is 5.66. The van der Waals surface area contributed by atoms with Crippen molar-refractivity contribution in [1.82, 2.24) is 15.0 Å². The highest BCUT2D eigenvalue weighted by atomic mass is 16.5. The van der Waals surface area contributed by atoms with Crippen molar-refractivity contribution in [3.63, 3.8) is 0 Å². The summed E-state index contributed by atoms with van der Waals surface area (Å²) in [6.07, 6.45) is 0.526. The predicted octanol–water partition coefficient (Wildman–Crippen LogP) is 2.56. The van der Waals surface area contributed by atoms with E-state index in [2.05, 4.69) is 10.1 Å². The van der Waals surface area contributed by atoms with Crippen LogP contribution in [0.15, 0.2) is 28.8 Å². The smallest absolute Gasteiger partial charge is 0.407 e. The van der Waals surface area contributed by atoms with Crippen LogP contribution >= 0.6 is 0 Å². The van der Waals surface area contributed by atoms with Gasteiger partial charge in [0.05, 0.1) is 12.7 Å². The lowest BCUT2D eigenvalue weighted by Gasteiger charge is -2.17. The van der Waals surface area contributed by atoms with E-state index in [4.69, 9.17) is 14.4 Å². The fraction of sp³-hybridized carbons (Fsp3) is 0.357. The molecule has 110 valence electrons. The third-order valence-electron chi connectivity index (χ3n) is 3.57. The van der Waals surface area contributed by atoms with Gasteiger partial charge in [0.15, 0.2) is 0 Å². The second kappa shape index (κ2) is 5.43. The summed E-state index contributed by atoms with van der Waals surface area (Å²) >= 11 is 0. The van der Waals surface area contributed by atoms with Crippen LogP contribution in [0.1, 0.15) is 24.8 Å². The number of aromatic nitrogens is 2. The SMILES string of the molecule is COc1ccccc1-c1noc([C@@H]2CCCN2C(=O)O)n1. The Bertz CT molecular complexity index is 655. The Labute approximate surface area is 121 Å². The van der Waals surface area contributed by atoms with Crippen LogP contribution in [0.3, 0.4) is 0 Å². The minimum atomic E-state index is -0.963. The minimum absolute atomic E-state index is 0.329. The molecule has 2 heterocycles. The molecule has 21 heavy (non-hydrogen) atoms. The number of likely N-dealkylation sites (tertiary alicyclic amines) is 1. The van der Waals surface area contributed by atoms with Gasteiger partial charge in [0.25, 0.3) is 0 Å². The molecule has 0 radical (unpaired) electrons. The normalized spacial score (nSPS) is 18.0. The average molecular weight is 289 g/mol. The zero-order chi connectivity index (χ0) is 14.8. The number of amides is 1. The summed E-state index contributed by atoms with van der Waals surface area (Å²) in [5, 5.41) is 13.1. The lowest BCUT2D eigenvalue weighted by molar-refractivity contribution is 0.131. The van der Waals surface area contributed by atoms with Gasteiger partial charge in [-0.3, -0.25) is 4.90 Å². The number of benzene rings is 1. The van der Waals surface area contributed by atoms with Crippen LogP contribution in [0.5, 0.6) is 5.75 Å². The standard InChI is InChI=1S/C14H15N3O4/c1-20-11-7-3-2-5-9(11)12-15-13(21-16-12)10-6-4-8-17(10)14(18)19/h2-3,5,7,10H,4,6,8H2,1H3,(H,18,19)/t10-/m0/s1. The Hall–Kier alpha value is -2.57. The number of carboxylic acid groups (broad SMARTS) is 1. The molecule has 0 unspecified atom stereocenters. The van der Waals surface area contributed by atoms with Crippen LogP contribution in [-0.2, 0) is 0 Å². The maximum atomic E-state index is 11.2. The Morgan fingerprint density at radius 3 is 3.05 bits per heavy atom. The molecule has 7 heteroatoms. The van der Waals surface area contributed by atoms with Gasteiger partial charge in [0, 0.05) is 6.54 Å². The van der Waals surface area contributed by atoms with Crippen molar-refractivity contribution in [2.75, 3.05) is 13.7 Å². The van der Waals surface area contributed by atoms with Crippen molar-refractivity contribution < 1.29 is 19.2 Å². The Kier molecular flexibility index (Phi) is 3.47. The monoisotopic (exact) mass is 289 g/mol. The van der Waals surface area contributed by atoms with Crippen LogP contribution in [0.25, 0.3) is 11.4 Å². The van der Waals surface area contributed by atoms with Crippen LogP contribution in [0.4, 0.5) is 4.79 Å². The Morgan fingerprint density at radius 2 is 2.29 bits per heavy atom. The number of hydrogen-bond donors (Lipinski definition) is 1. The van der Waals surface area contributed by atoms with Crippen molar-refractivity contribution in [2.45, 2.75) is 18.9 Å². The lowest BCUT2D eigenvalue weighted by Crippen LogP contribution is -2.28. The highest BCUT2D eigenvalue weighted by Gasteiger charge is 2.34. The van der Waals surface area contributed by atoms with E-state index >= 15 is 0 Å². The summed E-state index contributed by atoms with van der Waals surface area (Å²) in [4.78, 5) is 16.9. The van der Waals surface area contributed by atoms with Crippen molar-refractivity contribution in [2.24, 2.45) is 0 Å². The van der Waals surface area contributed by atoms with Crippen molar-refractivity contribution in [3.05, 3.63) is 30.2 Å². The first-order chi connectivity index (χ1) is 10.2. The number of ether oxygens (including phenoxy) is 1. The van der Waals surface area contributed by atoms with Gasteiger partial charge < -0.3 is 14.4 Å². The van der Waals surface area contributed by atoms with Gasteiger partial charge >= 0.3 is 6.09 Å². The van der Waals surface area contributed by atoms with Crippen molar-refractivity contribution in [3.8, 4) is 17.1 Å². The van der Waals surface area contributed by atoms with Gasteiger partial charge in [-0.1, -0.05) is 17.3 Å². The Morgan fingerprint density at radius 1 is 1.48 bits per heavy atom. The fourth-order valence-corrected chi connectivity index (χ4v) is 2.56. The summed E-state index contributed by atoms with van der Waals surface area (Å²) < 4.78 is 10.5. The van der Waals surface area contributed by atoms with Crippen molar-refractivity contribution in [1.29, 1.82) is 0 Å². The van der Waals surface area contributed by atoms with E-state index in [9.17, 15) is 4.79 Å². The average Bonchev–Trinajstić information content (AvgIpc) is 3.15. The van der Waals surface area contributed by atoms with E-state index in [0.717, 1.165) is 12.0 Å². The molecule has 1 atom stereocenters. The molecule has 3 rings (SSSR count). The zero-order valence-electron chi connectivity index (χ0n) is 11.5. The van der Waals surface area contributed by atoms with Gasteiger partial charge in [0.2, 0.25) is 11.7 Å². The molecule has 1 amide bonds. The largest absolute Gasteiger partial charge is 0.496 e. The minimum Gasteiger partial charge on any atom is -0.496 e. The van der Waals surface area contributed by atoms with E-state index in [1.54, 1.807) is 7.11 Å². The third-order valence-corrected chi connectivity index (χ3v) is 3.57. The molecule has 1 aliphatic heterocycles. The topological polar surface area (TPSA) is 88.7 Å². The summed E-state index contributed by atoms with van der Waals surface area (Å²) in [6, 6.07) is 6.99. The molecule has 1 fully saturated rings. The molecule has 1 aromatic carbocycles. The summed E-state index contributed by atoms with van der Waals surface area (Å²) in [6.45, 7) is 0.492. The summed E-state index contributed by atoms with van der Waals surface area (Å²) in [5.41, 5.74) is 0.717. The maximum Gasteiger partial charge on any atom is 0.407 e. The molecule has 0 aliphatic carbocycles. The van der Waals surface area contributed by atoms with Gasteiger partial charge in [-0.05, 0) is 25.0 Å². The maximum absolute atomic E-state index is 11.2. The van der Waals surface area contributed by atoms with Gasteiger partial charge in [-0.15, -0.1) is 0 Å². The van der Waals surface area contributed by atoms with Gasteiger partial charge in [0.1, 0.15) is 11.8 Å². The molecule has 7 nitrogen and oxygen atoms in total. The van der Waals surface area contributed by atoms with E-state index in [1.807, 2.05) is 24.3 Å². The second-order valence-electron chi connectivity index (χ2n) is 4.79. The first-order valence-corrected chi connectivity index (χ1v) is 6.67. The van der Waals surface area contributed by atoms with Gasteiger partial charge in [-0.2, -0.15) is 4.98 Å². The van der Waals surface area contributed by atoms with E-state index in [0.29, 0.717) is 30.4 Å². The quantitative estimate of drug-likeness (QED) is 0.934. The van der Waals surface area contributed by atoms with Gasteiger partial charge in [-0.25, -0.2) is 4.79 Å². The zero-order valence-corrected chi connectivity index (χ0v) is 11.5. The lowest BCUT2D eigenvalue weighted by atomic mass is 10.2. The molecule has 0 saturated carbocycles. The predicted molar refractivity (Wildman–Crippen MR) is 73.0 cm³/mol. The summed E-state index contributed by atoms with van der Waals surface area (Å²) in [7, 11) is 1.57. The first kappa shape index (κ1) is 13.4. The fourth-order valence-electron chi connectivity index (χ4n) is 2.56. The molecule has 1 aliphatic rings. The van der Waals surface area contributed by atoms with E-state index in [-0.39, 0.29) is 6.04 Å². The molecule has 1 saturated heterocycles. The van der Waals surface area contributed by atoms with Crippen LogP contribution < -0.4 is 4.74 Å². The Balaban J connectivity index is 1.91. The number of methoxy groups -OCH3 is 1. The third kappa shape index (κ3) is 2.42. The van der Waals surface area contributed by atoms with Crippen LogP contribution in [0, 0.1) is 0 Å². The van der Waals surface area contributed by atoms with Crippen LogP contribution in [-0.4, -0.2) is 39.9 Å². The molecular formula is C14H15N3O4. The number of carbonyl (C=O) groups is 1. The summed E-state index contributed by atoms with van der Waals surface area (Å²) in [5.74, 6) is 1.38. The molecule has 2 aromatic rings.